The molecule has 0 radical (unpaired) electrons. The van der Waals surface area contributed by atoms with Gasteiger partial charge in [0.2, 0.25) is 0 Å². The normalized spacial score (nSPS) is 9.72. The summed E-state index contributed by atoms with van der Waals surface area (Å²) >= 11 is 0. The van der Waals surface area contributed by atoms with Gasteiger partial charge in [-0.2, -0.15) is 0 Å². The molecule has 134 valence electrons. The summed E-state index contributed by atoms with van der Waals surface area (Å²) in [5.74, 6) is 0.115. The zero-order valence-electron chi connectivity index (χ0n) is 13.8. The van der Waals surface area contributed by atoms with E-state index in [-0.39, 0.29) is 19.0 Å². The number of hydrogen-bond donors (Lipinski definition) is 3. The van der Waals surface area contributed by atoms with Gasteiger partial charge < -0.3 is 14.6 Å². The summed E-state index contributed by atoms with van der Waals surface area (Å²) in [5, 5.41) is 23.4. The van der Waals surface area contributed by atoms with E-state index in [9.17, 15) is 14.9 Å². The van der Waals surface area contributed by atoms with Crippen molar-refractivity contribution in [1.82, 2.24) is 0 Å². The number of phenols is 1. The van der Waals surface area contributed by atoms with E-state index in [0.29, 0.717) is 28.2 Å². The van der Waals surface area contributed by atoms with Crippen molar-refractivity contribution in [3.8, 4) is 5.75 Å². The second-order valence-electron chi connectivity index (χ2n) is 4.82. The zero-order chi connectivity index (χ0) is 18.7. The second-order valence-corrected chi connectivity index (χ2v) is 4.82. The molecule has 0 spiro atoms. The molecule has 0 aliphatic carbocycles. The number of nitroso groups, excluding NO2 is 2. The Labute approximate surface area is 144 Å². The number of anilines is 1. The van der Waals surface area contributed by atoms with Gasteiger partial charge in [-0.1, -0.05) is 0 Å². The van der Waals surface area contributed by atoms with E-state index < -0.39 is 0 Å². The highest BCUT2D eigenvalue weighted by atomic mass is 16.5. The molecule has 0 unspecified atom stereocenters. The summed E-state index contributed by atoms with van der Waals surface area (Å²) in [5.41, 5.74) is 4.29. The first-order chi connectivity index (χ1) is 12.1. The van der Waals surface area contributed by atoms with Gasteiger partial charge in [-0.05, 0) is 46.8 Å². The predicted octanol–water partition coefficient (Wildman–Crippen LogP) is 3.97. The number of rotatable bonds is 7. The molecule has 0 fully saturated rings. The van der Waals surface area contributed by atoms with Crippen LogP contribution in [-0.2, 0) is 22.7 Å². The van der Waals surface area contributed by atoms with Crippen molar-refractivity contribution < 1.29 is 19.8 Å². The van der Waals surface area contributed by atoms with Crippen LogP contribution in [0, 0.1) is 9.81 Å². The maximum Gasteiger partial charge on any atom is 0.121 e. The van der Waals surface area contributed by atoms with Crippen LogP contribution in [0.5, 0.6) is 5.75 Å². The largest absolute Gasteiger partial charge is 0.508 e. The van der Waals surface area contributed by atoms with Gasteiger partial charge >= 0.3 is 0 Å². The number of nitrogens with zero attached hydrogens (tertiary/aromatic N) is 2. The van der Waals surface area contributed by atoms with Gasteiger partial charge in [-0.3, -0.25) is 10.7 Å². The summed E-state index contributed by atoms with van der Waals surface area (Å²) in [6.45, 7) is 0.561. The number of benzene rings is 2. The van der Waals surface area contributed by atoms with E-state index in [1.165, 1.54) is 38.5 Å². The number of ether oxygens (including phenoxy) is 2. The van der Waals surface area contributed by atoms with Crippen LogP contribution in [0.3, 0.4) is 0 Å². The Morgan fingerprint density at radius 1 is 0.960 bits per heavy atom. The van der Waals surface area contributed by atoms with Crippen LogP contribution in [0.4, 0.5) is 17.1 Å². The highest BCUT2D eigenvalue weighted by molar-refractivity contribution is 5.55. The molecular weight excluding hydrogens is 330 g/mol. The van der Waals surface area contributed by atoms with Crippen LogP contribution in [0.15, 0.2) is 46.8 Å². The highest BCUT2D eigenvalue weighted by Gasteiger charge is 2.03. The van der Waals surface area contributed by atoms with Gasteiger partial charge in [0.1, 0.15) is 17.1 Å². The first-order valence-corrected chi connectivity index (χ1v) is 7.09. The Morgan fingerprint density at radius 3 is 2.20 bits per heavy atom. The maximum atomic E-state index is 10.3. The number of aromatic hydroxyl groups is 1. The molecule has 0 heterocycles. The summed E-state index contributed by atoms with van der Waals surface area (Å²) in [6, 6.07) is 9.02. The van der Waals surface area contributed by atoms with Crippen molar-refractivity contribution in [2.24, 2.45) is 10.4 Å². The molecule has 25 heavy (non-hydrogen) atoms. The molecule has 0 aliphatic rings. The molecule has 9 heteroatoms. The minimum Gasteiger partial charge on any atom is -0.508 e. The van der Waals surface area contributed by atoms with Crippen LogP contribution in [0.1, 0.15) is 11.1 Å². The Bertz CT molecular complexity index is 708. The molecule has 0 atom stereocenters. The standard InChI is InChI=1S/C8H10N2O3.C8H9NO3/c1-13-5-6-4-7(9-11)2-3-8(6)10-12;1-12-5-6-4-7(9-11)2-3-8(6)10/h2-4,9,11H,5H2,1H3;2-4,10H,5H2,1H3. The van der Waals surface area contributed by atoms with Crippen molar-refractivity contribution in [2.45, 2.75) is 13.2 Å². The van der Waals surface area contributed by atoms with Gasteiger partial charge in [-0.25, -0.2) is 0 Å². The Morgan fingerprint density at radius 2 is 1.64 bits per heavy atom. The molecule has 0 amide bonds. The van der Waals surface area contributed by atoms with Crippen LogP contribution in [0.25, 0.3) is 0 Å². The quantitative estimate of drug-likeness (QED) is 0.509. The van der Waals surface area contributed by atoms with Crippen molar-refractivity contribution >= 4 is 17.1 Å². The Balaban J connectivity index is 0.000000251. The molecule has 0 saturated carbocycles. The van der Waals surface area contributed by atoms with E-state index in [0.717, 1.165) is 0 Å². The summed E-state index contributed by atoms with van der Waals surface area (Å²) < 4.78 is 9.67. The van der Waals surface area contributed by atoms with Crippen molar-refractivity contribution in [1.29, 1.82) is 0 Å². The third-order valence-corrected chi connectivity index (χ3v) is 3.08. The van der Waals surface area contributed by atoms with Gasteiger partial charge in [0.05, 0.1) is 18.9 Å². The Hall–Kier alpha value is -2.88. The molecule has 0 aliphatic heterocycles. The summed E-state index contributed by atoms with van der Waals surface area (Å²) in [6.07, 6.45) is 0. The van der Waals surface area contributed by atoms with Gasteiger partial charge in [0, 0.05) is 25.3 Å². The molecule has 2 aromatic carbocycles. The summed E-state index contributed by atoms with van der Waals surface area (Å²) in [4.78, 5) is 20.4. The van der Waals surface area contributed by atoms with E-state index in [2.05, 4.69) is 10.4 Å². The lowest BCUT2D eigenvalue weighted by atomic mass is 10.2. The first kappa shape index (κ1) is 20.2. The molecule has 2 rings (SSSR count). The monoisotopic (exact) mass is 349 g/mol. The Kier molecular flexibility index (Phi) is 8.72. The highest BCUT2D eigenvalue weighted by Crippen LogP contribution is 2.24. The van der Waals surface area contributed by atoms with Crippen molar-refractivity contribution in [3.63, 3.8) is 0 Å². The van der Waals surface area contributed by atoms with Crippen molar-refractivity contribution in [2.75, 3.05) is 19.7 Å². The molecule has 0 saturated heterocycles. The third kappa shape index (κ3) is 6.26. The second kappa shape index (κ2) is 10.8. The third-order valence-electron chi connectivity index (χ3n) is 3.08. The fourth-order valence-corrected chi connectivity index (χ4v) is 1.92. The van der Waals surface area contributed by atoms with Gasteiger partial charge in [0.15, 0.2) is 0 Å². The van der Waals surface area contributed by atoms with E-state index >= 15 is 0 Å². The minimum atomic E-state index is 0.115. The minimum absolute atomic E-state index is 0.115. The van der Waals surface area contributed by atoms with Crippen molar-refractivity contribution in [3.05, 3.63) is 57.3 Å². The molecule has 3 N–H and O–H groups in total. The molecular formula is C16H19N3O6. The fourth-order valence-electron chi connectivity index (χ4n) is 1.92. The van der Waals surface area contributed by atoms with Crippen LogP contribution >= 0.6 is 0 Å². The number of hydrogen-bond acceptors (Lipinski definition) is 9. The van der Waals surface area contributed by atoms with E-state index in [1.54, 1.807) is 12.1 Å². The lowest BCUT2D eigenvalue weighted by Gasteiger charge is -2.04. The smallest absolute Gasteiger partial charge is 0.121 e. The molecule has 0 bridgehead atoms. The van der Waals surface area contributed by atoms with Crippen LogP contribution < -0.4 is 5.48 Å². The van der Waals surface area contributed by atoms with E-state index in [1.807, 2.05) is 5.48 Å². The van der Waals surface area contributed by atoms with E-state index in [4.69, 9.17) is 14.7 Å². The maximum absolute atomic E-state index is 10.3. The number of methoxy groups -OCH3 is 2. The van der Waals surface area contributed by atoms with Gasteiger partial charge in [-0.15, -0.1) is 9.81 Å². The summed E-state index contributed by atoms with van der Waals surface area (Å²) in [7, 11) is 3.04. The van der Waals surface area contributed by atoms with Crippen LogP contribution in [0.2, 0.25) is 0 Å². The molecule has 9 nitrogen and oxygen atoms in total. The fraction of sp³-hybridized carbons (Fsp3) is 0.250. The lowest BCUT2D eigenvalue weighted by molar-refractivity contribution is 0.182. The zero-order valence-corrected chi connectivity index (χ0v) is 13.8. The van der Waals surface area contributed by atoms with Crippen LogP contribution in [-0.4, -0.2) is 24.5 Å². The molecule has 2 aromatic rings. The average molecular weight is 349 g/mol. The van der Waals surface area contributed by atoms with Gasteiger partial charge in [0.25, 0.3) is 0 Å². The SMILES string of the molecule is COCc1cc(N=O)ccc1O.COCc1cc(NO)ccc1N=O. The first-order valence-electron chi connectivity index (χ1n) is 7.09. The lowest BCUT2D eigenvalue weighted by Crippen LogP contribution is -1.93. The number of nitrogens with one attached hydrogen (secondary N) is 1. The molecule has 0 aromatic heterocycles. The predicted molar refractivity (Wildman–Crippen MR) is 92.3 cm³/mol. The number of phenolic OH excluding ortho intramolecular Hbond substituents is 1. The average Bonchev–Trinajstić information content (AvgIpc) is 2.64. The topological polar surface area (TPSA) is 130 Å².